The first kappa shape index (κ1) is 11.8. The molecule has 0 aromatic rings. The molecule has 12 heavy (non-hydrogen) atoms. The van der Waals surface area contributed by atoms with Crippen molar-refractivity contribution in [3.8, 4) is 0 Å². The highest BCUT2D eigenvalue weighted by molar-refractivity contribution is 4.78. The molecule has 0 aromatic heterocycles. The Balaban J connectivity index is 3.75. The molecule has 0 amide bonds. The third-order valence-electron chi connectivity index (χ3n) is 1.80. The van der Waals surface area contributed by atoms with Gasteiger partial charge in [-0.1, -0.05) is 13.3 Å². The first-order valence-corrected chi connectivity index (χ1v) is 4.12. The van der Waals surface area contributed by atoms with Crippen molar-refractivity contribution >= 4 is 0 Å². The van der Waals surface area contributed by atoms with Gasteiger partial charge in [-0.3, -0.25) is 0 Å². The largest absolute Gasteiger partial charge is 0.389 e. The van der Waals surface area contributed by atoms with Crippen LogP contribution in [0.3, 0.4) is 0 Å². The van der Waals surface area contributed by atoms with Gasteiger partial charge in [0.15, 0.2) is 0 Å². The molecule has 0 rings (SSSR count). The molecule has 4 heteroatoms. The van der Waals surface area contributed by atoms with Crippen LogP contribution in [0.15, 0.2) is 0 Å². The van der Waals surface area contributed by atoms with Crippen LogP contribution < -0.4 is 5.73 Å². The predicted molar refractivity (Wildman–Crippen MR) is 42.8 cm³/mol. The van der Waals surface area contributed by atoms with Crippen LogP contribution in [-0.4, -0.2) is 11.7 Å². The van der Waals surface area contributed by atoms with Gasteiger partial charge in [-0.25, -0.2) is 0 Å². The fraction of sp³-hybridized carbons (Fsp3) is 1.00. The molecule has 0 aliphatic rings. The highest BCUT2D eigenvalue weighted by Crippen LogP contribution is 2.26. The maximum Gasteiger partial charge on any atom is 0.389 e. The van der Waals surface area contributed by atoms with Crippen molar-refractivity contribution in [2.75, 3.05) is 0 Å². The van der Waals surface area contributed by atoms with Crippen molar-refractivity contribution in [3.05, 3.63) is 0 Å². The topological polar surface area (TPSA) is 26.0 Å². The number of halogens is 3. The molecule has 1 atom stereocenters. The molecule has 1 nitrogen and oxygen atoms in total. The van der Waals surface area contributed by atoms with Crippen LogP contribution in [0.2, 0.25) is 0 Å². The third kappa shape index (κ3) is 6.46. The lowest BCUT2D eigenvalue weighted by Crippen LogP contribution is -2.37. The molecular formula is C8H16F3N. The SMILES string of the molecule is CCC[C@@](C)(N)CCC(F)(F)F. The summed E-state index contributed by atoms with van der Waals surface area (Å²) >= 11 is 0. The van der Waals surface area contributed by atoms with Gasteiger partial charge in [0.25, 0.3) is 0 Å². The van der Waals surface area contributed by atoms with E-state index in [0.717, 1.165) is 6.42 Å². The average Bonchev–Trinajstić information content (AvgIpc) is 1.83. The minimum Gasteiger partial charge on any atom is -0.325 e. The predicted octanol–water partition coefficient (Wildman–Crippen LogP) is 2.85. The molecule has 0 aromatic carbocycles. The van der Waals surface area contributed by atoms with Gasteiger partial charge in [-0.2, -0.15) is 13.2 Å². The second-order valence-electron chi connectivity index (χ2n) is 3.52. The Morgan fingerprint density at radius 1 is 1.08 bits per heavy atom. The van der Waals surface area contributed by atoms with E-state index in [-0.39, 0.29) is 6.42 Å². The lowest BCUT2D eigenvalue weighted by Gasteiger charge is -2.24. The van der Waals surface area contributed by atoms with Crippen molar-refractivity contribution < 1.29 is 13.2 Å². The number of hydrogen-bond donors (Lipinski definition) is 1. The molecule has 74 valence electrons. The van der Waals surface area contributed by atoms with Crippen LogP contribution in [0, 0.1) is 0 Å². The summed E-state index contributed by atoms with van der Waals surface area (Å²) < 4.78 is 35.3. The maximum atomic E-state index is 11.8. The summed E-state index contributed by atoms with van der Waals surface area (Å²) in [5.41, 5.74) is 4.97. The van der Waals surface area contributed by atoms with Crippen molar-refractivity contribution in [2.45, 2.75) is 51.2 Å². The second kappa shape index (κ2) is 4.12. The van der Waals surface area contributed by atoms with Crippen molar-refractivity contribution in [3.63, 3.8) is 0 Å². The number of nitrogens with two attached hydrogens (primary N) is 1. The van der Waals surface area contributed by atoms with Crippen molar-refractivity contribution in [2.24, 2.45) is 5.73 Å². The van der Waals surface area contributed by atoms with Crippen LogP contribution in [0.25, 0.3) is 0 Å². The molecule has 0 fully saturated rings. The molecular weight excluding hydrogens is 167 g/mol. The molecule has 0 saturated heterocycles. The van der Waals surface area contributed by atoms with E-state index in [1.807, 2.05) is 6.92 Å². The number of hydrogen-bond acceptors (Lipinski definition) is 1. The Labute approximate surface area is 71.1 Å². The van der Waals surface area contributed by atoms with E-state index >= 15 is 0 Å². The number of rotatable bonds is 4. The highest BCUT2D eigenvalue weighted by atomic mass is 19.4. The van der Waals surface area contributed by atoms with Crippen LogP contribution in [0.5, 0.6) is 0 Å². The molecule has 0 radical (unpaired) electrons. The first-order chi connectivity index (χ1) is 5.27. The van der Waals surface area contributed by atoms with E-state index in [9.17, 15) is 13.2 Å². The van der Waals surface area contributed by atoms with Gasteiger partial charge in [0.05, 0.1) is 0 Å². The van der Waals surface area contributed by atoms with Crippen LogP contribution in [-0.2, 0) is 0 Å². The van der Waals surface area contributed by atoms with Crippen LogP contribution in [0.4, 0.5) is 13.2 Å². The summed E-state index contributed by atoms with van der Waals surface area (Å²) in [7, 11) is 0. The van der Waals surface area contributed by atoms with Gasteiger partial charge in [-0.15, -0.1) is 0 Å². The monoisotopic (exact) mass is 183 g/mol. The lowest BCUT2D eigenvalue weighted by molar-refractivity contribution is -0.138. The third-order valence-corrected chi connectivity index (χ3v) is 1.80. The molecule has 0 spiro atoms. The summed E-state index contributed by atoms with van der Waals surface area (Å²) in [6, 6.07) is 0. The van der Waals surface area contributed by atoms with E-state index < -0.39 is 18.1 Å². The zero-order chi connectivity index (χ0) is 9.83. The first-order valence-electron chi connectivity index (χ1n) is 4.12. The summed E-state index contributed by atoms with van der Waals surface area (Å²) in [5, 5.41) is 0. The number of alkyl halides is 3. The highest BCUT2D eigenvalue weighted by Gasteiger charge is 2.30. The average molecular weight is 183 g/mol. The minimum absolute atomic E-state index is 0.0182. The van der Waals surface area contributed by atoms with Gasteiger partial charge in [0.1, 0.15) is 0 Å². The molecule has 0 aliphatic heterocycles. The summed E-state index contributed by atoms with van der Waals surface area (Å²) in [6.45, 7) is 3.58. The van der Waals surface area contributed by atoms with E-state index in [1.165, 1.54) is 0 Å². The Hall–Kier alpha value is -0.250. The fourth-order valence-corrected chi connectivity index (χ4v) is 1.12. The summed E-state index contributed by atoms with van der Waals surface area (Å²) in [5.74, 6) is 0. The zero-order valence-electron chi connectivity index (χ0n) is 7.54. The van der Waals surface area contributed by atoms with Gasteiger partial charge in [-0.05, 0) is 19.8 Å². The second-order valence-corrected chi connectivity index (χ2v) is 3.52. The smallest absolute Gasteiger partial charge is 0.325 e. The van der Waals surface area contributed by atoms with Gasteiger partial charge < -0.3 is 5.73 Å². The van der Waals surface area contributed by atoms with Crippen LogP contribution in [0.1, 0.15) is 39.5 Å². The van der Waals surface area contributed by atoms with Crippen molar-refractivity contribution in [1.82, 2.24) is 0 Å². The molecule has 2 N–H and O–H groups in total. The Morgan fingerprint density at radius 3 is 1.92 bits per heavy atom. The van der Waals surface area contributed by atoms with E-state index in [2.05, 4.69) is 0 Å². The van der Waals surface area contributed by atoms with E-state index in [1.54, 1.807) is 6.92 Å². The van der Waals surface area contributed by atoms with Gasteiger partial charge in [0, 0.05) is 12.0 Å². The molecule has 0 bridgehead atoms. The molecule has 0 unspecified atom stereocenters. The standard InChI is InChI=1S/C8H16F3N/c1-3-4-7(2,12)5-6-8(9,10)11/h3-6,12H2,1-2H3/t7-/m1/s1. The minimum atomic E-state index is -4.08. The Morgan fingerprint density at radius 2 is 1.58 bits per heavy atom. The molecule has 0 heterocycles. The van der Waals surface area contributed by atoms with Gasteiger partial charge >= 0.3 is 6.18 Å². The Bertz CT molecular complexity index is 129. The molecule has 0 saturated carbocycles. The van der Waals surface area contributed by atoms with E-state index in [0.29, 0.717) is 6.42 Å². The molecule has 0 aliphatic carbocycles. The fourth-order valence-electron chi connectivity index (χ4n) is 1.12. The lowest BCUT2D eigenvalue weighted by atomic mass is 9.92. The normalized spacial score (nSPS) is 17.5. The van der Waals surface area contributed by atoms with Crippen molar-refractivity contribution in [1.29, 1.82) is 0 Å². The van der Waals surface area contributed by atoms with Crippen LogP contribution >= 0.6 is 0 Å². The zero-order valence-corrected chi connectivity index (χ0v) is 7.54. The quantitative estimate of drug-likeness (QED) is 0.712. The summed E-state index contributed by atoms with van der Waals surface area (Å²) in [4.78, 5) is 0. The Kier molecular flexibility index (Phi) is 4.03. The maximum absolute atomic E-state index is 11.8. The van der Waals surface area contributed by atoms with E-state index in [4.69, 9.17) is 5.73 Å². The van der Waals surface area contributed by atoms with Gasteiger partial charge in [0.2, 0.25) is 0 Å². The summed E-state index contributed by atoms with van der Waals surface area (Å²) in [6.07, 6.45) is -3.37.